The van der Waals surface area contributed by atoms with Crippen molar-refractivity contribution in [2.75, 3.05) is 0 Å². The molecule has 9 aromatic carbocycles. The molecule has 0 bridgehead atoms. The molecule has 0 saturated carbocycles. The number of para-hydroxylation sites is 3. The molecule has 3 heterocycles. The third-order valence-corrected chi connectivity index (χ3v) is 11.7. The van der Waals surface area contributed by atoms with Gasteiger partial charge in [-0.05, 0) is 88.0 Å². The van der Waals surface area contributed by atoms with E-state index in [4.69, 9.17) is 4.42 Å². The topological polar surface area (TPSA) is 23.0 Å². The van der Waals surface area contributed by atoms with Gasteiger partial charge in [0.15, 0.2) is 5.58 Å². The number of fused-ring (bicyclic) bond motifs is 9. The van der Waals surface area contributed by atoms with Crippen molar-refractivity contribution in [2.24, 2.45) is 0 Å². The Hall–Kier alpha value is -7.62. The second-order valence-electron chi connectivity index (χ2n) is 14.9. The molecule has 0 saturated heterocycles. The molecule has 0 spiro atoms. The van der Waals surface area contributed by atoms with Crippen molar-refractivity contribution in [1.82, 2.24) is 9.13 Å². The van der Waals surface area contributed by atoms with Gasteiger partial charge in [-0.3, -0.25) is 0 Å². The summed E-state index contributed by atoms with van der Waals surface area (Å²) in [5.74, 6) is 0. The molecule has 0 amide bonds. The molecule has 0 atom stereocenters. The van der Waals surface area contributed by atoms with Crippen LogP contribution in [0, 0.1) is 0 Å². The minimum atomic E-state index is 0.882. The fraction of sp³-hybridized carbons (Fsp3) is 0. The molecule has 0 aliphatic rings. The maximum Gasteiger partial charge on any atom is 0.159 e. The van der Waals surface area contributed by atoms with E-state index in [-0.39, 0.29) is 0 Å². The predicted molar refractivity (Wildman–Crippen MR) is 239 cm³/mol. The smallest absolute Gasteiger partial charge is 0.159 e. The zero-order valence-electron chi connectivity index (χ0n) is 30.9. The first-order valence-electron chi connectivity index (χ1n) is 19.5. The van der Waals surface area contributed by atoms with Gasteiger partial charge >= 0.3 is 0 Å². The summed E-state index contributed by atoms with van der Waals surface area (Å²) in [4.78, 5) is 0. The molecule has 0 unspecified atom stereocenters. The molecule has 12 rings (SSSR count). The number of rotatable bonds is 5. The maximum atomic E-state index is 6.76. The summed E-state index contributed by atoms with van der Waals surface area (Å²) in [7, 11) is 0. The lowest BCUT2D eigenvalue weighted by molar-refractivity contribution is 0.666. The maximum absolute atomic E-state index is 6.76. The number of hydrogen-bond acceptors (Lipinski definition) is 1. The lowest BCUT2D eigenvalue weighted by atomic mass is 10.0. The molecule has 12 aromatic rings. The molecule has 57 heavy (non-hydrogen) atoms. The van der Waals surface area contributed by atoms with Crippen molar-refractivity contribution in [2.45, 2.75) is 0 Å². The highest BCUT2D eigenvalue weighted by atomic mass is 16.3. The second kappa shape index (κ2) is 12.5. The second-order valence-corrected chi connectivity index (χ2v) is 14.9. The third-order valence-electron chi connectivity index (χ3n) is 11.7. The van der Waals surface area contributed by atoms with E-state index in [9.17, 15) is 0 Å². The first-order valence-corrected chi connectivity index (χ1v) is 19.5. The minimum absolute atomic E-state index is 0.882. The van der Waals surface area contributed by atoms with Gasteiger partial charge in [0.2, 0.25) is 0 Å². The zero-order valence-corrected chi connectivity index (χ0v) is 30.9. The van der Waals surface area contributed by atoms with Crippen molar-refractivity contribution in [1.29, 1.82) is 0 Å². The highest BCUT2D eigenvalue weighted by Crippen LogP contribution is 2.42. The molecule has 3 nitrogen and oxygen atoms in total. The van der Waals surface area contributed by atoms with Crippen LogP contribution in [0.4, 0.5) is 0 Å². The Morgan fingerprint density at radius 2 is 0.789 bits per heavy atom. The van der Waals surface area contributed by atoms with Gasteiger partial charge in [-0.1, -0.05) is 152 Å². The molecule has 266 valence electrons. The molecule has 3 aromatic heterocycles. The molecule has 0 aliphatic carbocycles. The fourth-order valence-corrected chi connectivity index (χ4v) is 9.07. The van der Waals surface area contributed by atoms with E-state index in [1.54, 1.807) is 0 Å². The third kappa shape index (κ3) is 4.92. The number of nitrogens with zero attached hydrogens (tertiary/aromatic N) is 2. The summed E-state index contributed by atoms with van der Waals surface area (Å²) in [5.41, 5.74) is 15.6. The summed E-state index contributed by atoms with van der Waals surface area (Å²) in [5, 5.41) is 7.12. The SMILES string of the molecule is c1ccc(-c2cccc(-n3c4ccccc4c4ccc(-c5ccc6c7ccccc7n(-c7cc(-c8ccccc8)cc8c7oc7ccccc78)c6c5)cc43)c2)cc1. The van der Waals surface area contributed by atoms with Crippen molar-refractivity contribution < 1.29 is 4.42 Å². The Labute approximate surface area is 328 Å². The molecule has 0 radical (unpaired) electrons. The van der Waals surface area contributed by atoms with Crippen LogP contribution in [0.2, 0.25) is 0 Å². The van der Waals surface area contributed by atoms with Crippen LogP contribution in [-0.4, -0.2) is 9.13 Å². The molecular weight excluding hydrogens is 693 g/mol. The van der Waals surface area contributed by atoms with Crippen molar-refractivity contribution >= 4 is 65.6 Å². The number of aromatic nitrogens is 2. The van der Waals surface area contributed by atoms with Gasteiger partial charge in [0.05, 0.1) is 27.8 Å². The Bertz CT molecular complexity index is 3510. The molecular formula is C54H34N2O. The normalized spacial score (nSPS) is 11.9. The Morgan fingerprint density at radius 1 is 0.281 bits per heavy atom. The van der Waals surface area contributed by atoms with Crippen LogP contribution in [0.3, 0.4) is 0 Å². The number of furan rings is 1. The standard InChI is InChI=1S/C54H34N2O/c1-3-14-35(15-4-1)37-18-13-19-41(30-37)55-48-23-10-7-20-42(48)44-28-26-38(32-50(44)55)39-27-29-45-43-21-8-11-24-49(43)56(51(45)33-39)52-34-40(36-16-5-2-6-17-36)31-47-46-22-9-12-25-53(46)57-54(47)52/h1-34H. The lowest BCUT2D eigenvalue weighted by Gasteiger charge is -2.13. The van der Waals surface area contributed by atoms with Crippen LogP contribution in [0.15, 0.2) is 211 Å². The van der Waals surface area contributed by atoms with Gasteiger partial charge in [-0.25, -0.2) is 0 Å². The highest BCUT2D eigenvalue weighted by Gasteiger charge is 2.21. The minimum Gasteiger partial charge on any atom is -0.454 e. The summed E-state index contributed by atoms with van der Waals surface area (Å²) in [6.07, 6.45) is 0. The Balaban J connectivity index is 1.10. The van der Waals surface area contributed by atoms with Crippen molar-refractivity contribution in [3.05, 3.63) is 206 Å². The molecule has 0 aliphatic heterocycles. The van der Waals surface area contributed by atoms with Crippen LogP contribution in [0.5, 0.6) is 0 Å². The molecule has 3 heteroatoms. The van der Waals surface area contributed by atoms with Crippen LogP contribution >= 0.6 is 0 Å². The number of benzene rings is 9. The van der Waals surface area contributed by atoms with E-state index in [0.717, 1.165) is 61.0 Å². The van der Waals surface area contributed by atoms with Crippen LogP contribution in [0.25, 0.3) is 110 Å². The molecule has 0 N–H and O–H groups in total. The van der Waals surface area contributed by atoms with Crippen LogP contribution in [-0.2, 0) is 0 Å². The van der Waals surface area contributed by atoms with E-state index in [1.807, 2.05) is 6.07 Å². The Morgan fingerprint density at radius 3 is 1.47 bits per heavy atom. The Kier molecular flexibility index (Phi) is 6.93. The van der Waals surface area contributed by atoms with Crippen molar-refractivity contribution in [3.8, 4) is 44.8 Å². The van der Waals surface area contributed by atoms with E-state index in [0.29, 0.717) is 0 Å². The van der Waals surface area contributed by atoms with E-state index < -0.39 is 0 Å². The van der Waals surface area contributed by atoms with Crippen molar-refractivity contribution in [3.63, 3.8) is 0 Å². The summed E-state index contributed by atoms with van der Waals surface area (Å²) in [6.45, 7) is 0. The highest BCUT2D eigenvalue weighted by molar-refractivity contribution is 6.15. The lowest BCUT2D eigenvalue weighted by Crippen LogP contribution is -1.96. The van der Waals surface area contributed by atoms with E-state index >= 15 is 0 Å². The fourth-order valence-electron chi connectivity index (χ4n) is 9.07. The van der Waals surface area contributed by atoms with E-state index in [2.05, 4.69) is 209 Å². The average molecular weight is 727 g/mol. The van der Waals surface area contributed by atoms with E-state index in [1.165, 1.54) is 49.3 Å². The molecule has 0 fully saturated rings. The largest absolute Gasteiger partial charge is 0.454 e. The quantitative estimate of drug-likeness (QED) is 0.173. The van der Waals surface area contributed by atoms with Gasteiger partial charge in [0, 0.05) is 38.0 Å². The van der Waals surface area contributed by atoms with Gasteiger partial charge in [-0.15, -0.1) is 0 Å². The average Bonchev–Trinajstić information content (AvgIpc) is 3.94. The zero-order chi connectivity index (χ0) is 37.5. The van der Waals surface area contributed by atoms with Gasteiger partial charge in [0.1, 0.15) is 5.58 Å². The first-order chi connectivity index (χ1) is 28.3. The van der Waals surface area contributed by atoms with Crippen LogP contribution in [0.1, 0.15) is 0 Å². The summed E-state index contributed by atoms with van der Waals surface area (Å²) >= 11 is 0. The summed E-state index contributed by atoms with van der Waals surface area (Å²) < 4.78 is 11.6. The number of hydrogen-bond donors (Lipinski definition) is 0. The van der Waals surface area contributed by atoms with Gasteiger partial charge in [0.25, 0.3) is 0 Å². The van der Waals surface area contributed by atoms with Gasteiger partial charge in [-0.2, -0.15) is 0 Å². The monoisotopic (exact) mass is 726 g/mol. The summed E-state index contributed by atoms with van der Waals surface area (Å²) in [6, 6.07) is 74.5. The van der Waals surface area contributed by atoms with Gasteiger partial charge < -0.3 is 13.6 Å². The predicted octanol–water partition coefficient (Wildman–Crippen LogP) is 14.8. The van der Waals surface area contributed by atoms with Crippen LogP contribution < -0.4 is 0 Å². The first kappa shape index (κ1) is 31.7.